The number of fused-ring (bicyclic) bond motifs is 5. The van der Waals surface area contributed by atoms with E-state index in [0.717, 1.165) is 30.6 Å². The lowest BCUT2D eigenvalue weighted by molar-refractivity contribution is -0.213. The summed E-state index contributed by atoms with van der Waals surface area (Å²) in [6, 6.07) is 0. The van der Waals surface area contributed by atoms with Crippen molar-refractivity contribution < 1.29 is 14.3 Å². The minimum atomic E-state index is -0.0604. The Labute approximate surface area is 209 Å². The molecule has 0 spiro atoms. The molecule has 0 aliphatic heterocycles. The fraction of sp³-hybridized carbons (Fsp3) is 0.903. The average Bonchev–Trinajstić information content (AvgIpc) is 3.14. The van der Waals surface area contributed by atoms with E-state index < -0.39 is 0 Å². The monoisotopic (exact) mass is 472 g/mol. The Morgan fingerprint density at radius 1 is 1.06 bits per heavy atom. The molecule has 0 aromatic rings. The van der Waals surface area contributed by atoms with Gasteiger partial charge in [0, 0.05) is 12.8 Å². The van der Waals surface area contributed by atoms with E-state index in [4.69, 9.17) is 9.47 Å². The third kappa shape index (κ3) is 4.36. The van der Waals surface area contributed by atoms with Crippen LogP contribution in [0.15, 0.2) is 12.3 Å². The van der Waals surface area contributed by atoms with Gasteiger partial charge in [-0.1, -0.05) is 41.0 Å². The minimum absolute atomic E-state index is 0.0604. The number of carbonyl (C=O) groups excluding carboxylic acids is 1. The zero-order valence-electron chi connectivity index (χ0n) is 23.1. The van der Waals surface area contributed by atoms with E-state index in [-0.39, 0.29) is 12.1 Å². The van der Waals surface area contributed by atoms with E-state index in [9.17, 15) is 4.79 Å². The highest BCUT2D eigenvalue weighted by Gasteiger charge is 2.65. The fourth-order valence-electron chi connectivity index (χ4n) is 10.2. The van der Waals surface area contributed by atoms with Gasteiger partial charge < -0.3 is 9.47 Å². The first-order valence-electron chi connectivity index (χ1n) is 14.5. The van der Waals surface area contributed by atoms with E-state index in [0.29, 0.717) is 40.4 Å². The summed E-state index contributed by atoms with van der Waals surface area (Å²) in [6.45, 7) is 14.2. The number of methoxy groups -OCH3 is 1. The van der Waals surface area contributed by atoms with Crippen LogP contribution in [0.2, 0.25) is 0 Å². The highest BCUT2D eigenvalue weighted by Crippen LogP contribution is 2.70. The Hall–Kier alpha value is -0.990. The number of allylic oxidation sites excluding steroid dienone is 1. The smallest absolute Gasteiger partial charge is 0.302 e. The lowest BCUT2D eigenvalue weighted by atomic mass is 9.41. The summed E-state index contributed by atoms with van der Waals surface area (Å²) in [7, 11) is 1.73. The first-order chi connectivity index (χ1) is 16.2. The molecule has 0 unspecified atom stereocenters. The maximum Gasteiger partial charge on any atom is 0.302 e. The first kappa shape index (κ1) is 26.1. The van der Waals surface area contributed by atoms with Crippen LogP contribution in [-0.2, 0) is 14.3 Å². The Kier molecular flexibility index (Phi) is 7.80. The van der Waals surface area contributed by atoms with E-state index in [1.165, 1.54) is 51.4 Å². The molecular formula is C31H52O3. The second-order valence-electron chi connectivity index (χ2n) is 13.3. The number of hydrogen-bond donors (Lipinski definition) is 0. The molecule has 34 heavy (non-hydrogen) atoms. The van der Waals surface area contributed by atoms with Crippen LogP contribution in [0.5, 0.6) is 0 Å². The van der Waals surface area contributed by atoms with Crippen LogP contribution in [0.1, 0.15) is 106 Å². The molecular weight excluding hydrogens is 420 g/mol. The molecule has 4 fully saturated rings. The molecule has 0 heterocycles. The molecule has 194 valence electrons. The maximum absolute atomic E-state index is 12.4. The molecule has 4 aliphatic carbocycles. The van der Waals surface area contributed by atoms with Gasteiger partial charge >= 0.3 is 5.97 Å². The van der Waals surface area contributed by atoms with Crippen molar-refractivity contribution in [3.05, 3.63) is 12.3 Å². The van der Waals surface area contributed by atoms with Gasteiger partial charge in [0.25, 0.3) is 0 Å². The zero-order valence-corrected chi connectivity index (χ0v) is 23.1. The maximum atomic E-state index is 12.4. The van der Waals surface area contributed by atoms with Crippen LogP contribution < -0.4 is 0 Å². The summed E-state index contributed by atoms with van der Waals surface area (Å²) in [5, 5.41) is 0. The lowest BCUT2D eigenvalue weighted by Gasteiger charge is -2.65. The van der Waals surface area contributed by atoms with Crippen molar-refractivity contribution in [3.63, 3.8) is 0 Å². The van der Waals surface area contributed by atoms with Crippen LogP contribution in [0.25, 0.3) is 0 Å². The van der Waals surface area contributed by atoms with E-state index in [1.54, 1.807) is 14.0 Å². The standard InChI is InChI=1S/C31H52O3/c1-8-23-27-19-20(2)14-16-31(27,6)26-15-17-30(5)24(21(3)11-9-10-18-33-7)12-13-25(30)28(26)29(23)34-22(4)32/h10,18,20-21,23-29H,8-9,11-17,19H2,1-7H3/b18-10+/t20-,21-,23-,24-,25+,26+,27+,28+,29-,30-,31-/m1/s1. The van der Waals surface area contributed by atoms with Gasteiger partial charge in [-0.05, 0) is 116 Å². The average molecular weight is 473 g/mol. The van der Waals surface area contributed by atoms with Gasteiger partial charge in [-0.2, -0.15) is 0 Å². The number of carbonyl (C=O) groups is 1. The van der Waals surface area contributed by atoms with Gasteiger partial charge in [0.1, 0.15) is 6.10 Å². The summed E-state index contributed by atoms with van der Waals surface area (Å²) in [6.07, 6.45) is 17.1. The van der Waals surface area contributed by atoms with Crippen molar-refractivity contribution in [2.75, 3.05) is 7.11 Å². The number of esters is 1. The van der Waals surface area contributed by atoms with Crippen LogP contribution in [0.3, 0.4) is 0 Å². The van der Waals surface area contributed by atoms with Crippen molar-refractivity contribution in [1.29, 1.82) is 0 Å². The Morgan fingerprint density at radius 3 is 2.44 bits per heavy atom. The molecule has 0 N–H and O–H groups in total. The Balaban J connectivity index is 1.65. The SMILES string of the molecule is CC[C@H]1[C@@H](OC(C)=O)[C@@H]2[C@H](CC[C@]3(C)[C@@H]([C@H](C)CC/C=C/OC)CC[C@@H]23)[C@@]2(C)CC[C@@H](C)C[C@@H]12. The molecule has 0 bridgehead atoms. The molecule has 11 atom stereocenters. The van der Waals surface area contributed by atoms with Crippen LogP contribution in [0, 0.1) is 58.2 Å². The summed E-state index contributed by atoms with van der Waals surface area (Å²) in [4.78, 5) is 12.4. The largest absolute Gasteiger partial charge is 0.505 e. The van der Waals surface area contributed by atoms with E-state index >= 15 is 0 Å². The van der Waals surface area contributed by atoms with Crippen molar-refractivity contribution >= 4 is 5.97 Å². The molecule has 4 rings (SSSR count). The molecule has 3 nitrogen and oxygen atoms in total. The molecule has 0 radical (unpaired) electrons. The van der Waals surface area contributed by atoms with Gasteiger partial charge in [0.2, 0.25) is 0 Å². The van der Waals surface area contributed by atoms with Gasteiger partial charge in [0.05, 0.1) is 13.4 Å². The Morgan fingerprint density at radius 2 is 1.76 bits per heavy atom. The predicted molar refractivity (Wildman–Crippen MR) is 139 cm³/mol. The summed E-state index contributed by atoms with van der Waals surface area (Å²) in [5.41, 5.74) is 0.803. The third-order valence-corrected chi connectivity index (χ3v) is 11.7. The highest BCUT2D eigenvalue weighted by molar-refractivity contribution is 5.66. The topological polar surface area (TPSA) is 35.5 Å². The van der Waals surface area contributed by atoms with Crippen molar-refractivity contribution in [1.82, 2.24) is 0 Å². The number of ether oxygens (including phenoxy) is 2. The summed E-state index contributed by atoms with van der Waals surface area (Å²) in [5.74, 6) is 5.45. The highest BCUT2D eigenvalue weighted by atomic mass is 16.5. The van der Waals surface area contributed by atoms with E-state index in [1.807, 2.05) is 6.26 Å². The zero-order chi connectivity index (χ0) is 24.7. The van der Waals surface area contributed by atoms with Gasteiger partial charge in [0.15, 0.2) is 0 Å². The second-order valence-corrected chi connectivity index (χ2v) is 13.3. The summed E-state index contributed by atoms with van der Waals surface area (Å²) < 4.78 is 11.5. The molecule has 3 heteroatoms. The lowest BCUT2D eigenvalue weighted by Crippen LogP contribution is -2.62. The van der Waals surface area contributed by atoms with Crippen molar-refractivity contribution in [2.24, 2.45) is 58.2 Å². The number of rotatable bonds is 7. The fourth-order valence-corrected chi connectivity index (χ4v) is 10.2. The molecule has 4 aliphatic rings. The van der Waals surface area contributed by atoms with Crippen molar-refractivity contribution in [2.45, 2.75) is 112 Å². The van der Waals surface area contributed by atoms with Crippen LogP contribution in [-0.4, -0.2) is 19.2 Å². The first-order valence-corrected chi connectivity index (χ1v) is 14.5. The Bertz CT molecular complexity index is 745. The van der Waals surface area contributed by atoms with Gasteiger partial charge in [-0.15, -0.1) is 0 Å². The number of hydrogen-bond acceptors (Lipinski definition) is 3. The summed E-state index contributed by atoms with van der Waals surface area (Å²) >= 11 is 0. The van der Waals surface area contributed by atoms with Gasteiger partial charge in [-0.3, -0.25) is 4.79 Å². The third-order valence-electron chi connectivity index (χ3n) is 11.7. The molecule has 0 amide bonds. The van der Waals surface area contributed by atoms with Gasteiger partial charge in [-0.25, -0.2) is 0 Å². The molecule has 4 saturated carbocycles. The van der Waals surface area contributed by atoms with Crippen LogP contribution in [0.4, 0.5) is 0 Å². The minimum Gasteiger partial charge on any atom is -0.505 e. The van der Waals surface area contributed by atoms with E-state index in [2.05, 4.69) is 40.7 Å². The van der Waals surface area contributed by atoms with Crippen molar-refractivity contribution in [3.8, 4) is 0 Å². The molecule has 0 saturated heterocycles. The normalized spacial score (nSPS) is 46.9. The second kappa shape index (κ2) is 10.2. The van der Waals surface area contributed by atoms with Crippen LogP contribution >= 0.6 is 0 Å². The molecule has 0 aromatic carbocycles. The predicted octanol–water partition coefficient (Wildman–Crippen LogP) is 8.04. The quantitative estimate of drug-likeness (QED) is 0.278. The molecule has 0 aromatic heterocycles.